The highest BCUT2D eigenvalue weighted by molar-refractivity contribution is 7.89. The number of aliphatic hydroxyl groups excluding tert-OH is 1. The molecule has 2 rings (SSSR count). The standard InChI is InChI=1S/C13H15ClN2O4S/c1-20-11-5-10(8-17)16(7-11)21(18,19)13-3-2-9(6-15)4-12(13)14/h2-4,10-11,17H,5,7-8H2,1H3/t10-,11-/m0/s1. The van der Waals surface area contributed by atoms with Gasteiger partial charge in [0, 0.05) is 13.7 Å². The maximum Gasteiger partial charge on any atom is 0.244 e. The maximum absolute atomic E-state index is 12.7. The van der Waals surface area contributed by atoms with Crippen molar-refractivity contribution in [3.63, 3.8) is 0 Å². The molecule has 1 N–H and O–H groups in total. The van der Waals surface area contributed by atoms with Crippen LogP contribution in [0.15, 0.2) is 23.1 Å². The van der Waals surface area contributed by atoms with E-state index in [1.165, 1.54) is 29.6 Å². The van der Waals surface area contributed by atoms with Gasteiger partial charge in [-0.3, -0.25) is 0 Å². The van der Waals surface area contributed by atoms with E-state index in [9.17, 15) is 13.5 Å². The van der Waals surface area contributed by atoms with Crippen LogP contribution in [0.4, 0.5) is 0 Å². The number of ether oxygens (including phenoxy) is 1. The summed E-state index contributed by atoms with van der Waals surface area (Å²) in [5.41, 5.74) is 0.286. The maximum atomic E-state index is 12.7. The van der Waals surface area contributed by atoms with Gasteiger partial charge in [0.2, 0.25) is 10.0 Å². The summed E-state index contributed by atoms with van der Waals surface area (Å²) in [5.74, 6) is 0. The zero-order chi connectivity index (χ0) is 15.6. The van der Waals surface area contributed by atoms with E-state index >= 15 is 0 Å². The van der Waals surface area contributed by atoms with Crippen LogP contribution in [-0.4, -0.2) is 50.2 Å². The monoisotopic (exact) mass is 330 g/mol. The van der Waals surface area contributed by atoms with Gasteiger partial charge in [0.05, 0.1) is 35.4 Å². The first-order valence-electron chi connectivity index (χ1n) is 6.29. The van der Waals surface area contributed by atoms with Gasteiger partial charge in [-0.2, -0.15) is 9.57 Å². The van der Waals surface area contributed by atoms with E-state index in [2.05, 4.69) is 0 Å². The Morgan fingerprint density at radius 1 is 1.57 bits per heavy atom. The summed E-state index contributed by atoms with van der Waals surface area (Å²) in [6, 6.07) is 5.39. The predicted octanol–water partition coefficient (Wildman–Crippen LogP) is 0.982. The fourth-order valence-electron chi connectivity index (χ4n) is 2.38. The molecule has 0 bridgehead atoms. The van der Waals surface area contributed by atoms with Crippen molar-refractivity contribution in [1.82, 2.24) is 4.31 Å². The van der Waals surface area contributed by atoms with Crippen LogP contribution in [0.3, 0.4) is 0 Å². The van der Waals surface area contributed by atoms with E-state index in [0.717, 1.165) is 0 Å². The van der Waals surface area contributed by atoms with E-state index in [1.807, 2.05) is 6.07 Å². The summed E-state index contributed by atoms with van der Waals surface area (Å²) < 4.78 is 31.7. The van der Waals surface area contributed by atoms with Crippen molar-refractivity contribution in [2.75, 3.05) is 20.3 Å². The van der Waals surface area contributed by atoms with Gasteiger partial charge in [-0.15, -0.1) is 0 Å². The molecule has 0 saturated carbocycles. The summed E-state index contributed by atoms with van der Waals surface area (Å²) in [6.45, 7) is -0.118. The van der Waals surface area contributed by atoms with Gasteiger partial charge in [-0.1, -0.05) is 11.6 Å². The van der Waals surface area contributed by atoms with Gasteiger partial charge in [0.25, 0.3) is 0 Å². The zero-order valence-electron chi connectivity index (χ0n) is 11.4. The quantitative estimate of drug-likeness (QED) is 0.888. The predicted molar refractivity (Wildman–Crippen MR) is 76.3 cm³/mol. The Kier molecular flexibility index (Phi) is 4.86. The Bertz CT molecular complexity index is 671. The summed E-state index contributed by atoms with van der Waals surface area (Å²) >= 11 is 5.98. The third kappa shape index (κ3) is 3.05. The summed E-state index contributed by atoms with van der Waals surface area (Å²) in [7, 11) is -2.34. The van der Waals surface area contributed by atoms with Crippen molar-refractivity contribution < 1.29 is 18.3 Å². The van der Waals surface area contributed by atoms with Crippen LogP contribution < -0.4 is 0 Å². The first-order valence-corrected chi connectivity index (χ1v) is 8.11. The molecule has 1 heterocycles. The molecule has 0 unspecified atom stereocenters. The lowest BCUT2D eigenvalue weighted by Gasteiger charge is -2.22. The minimum absolute atomic E-state index is 0.00777. The number of nitrogens with zero attached hydrogens (tertiary/aromatic N) is 2. The van der Waals surface area contributed by atoms with Gasteiger partial charge in [0.1, 0.15) is 4.90 Å². The third-order valence-corrected chi connectivity index (χ3v) is 5.92. The molecule has 1 aliphatic rings. The first-order chi connectivity index (χ1) is 9.93. The number of sulfonamides is 1. The second-order valence-corrected chi connectivity index (χ2v) is 7.03. The number of aliphatic hydroxyl groups is 1. The van der Waals surface area contributed by atoms with Crippen molar-refractivity contribution in [3.05, 3.63) is 28.8 Å². The molecule has 114 valence electrons. The number of halogens is 1. The first kappa shape index (κ1) is 16.2. The van der Waals surface area contributed by atoms with Gasteiger partial charge >= 0.3 is 0 Å². The molecule has 0 aliphatic carbocycles. The van der Waals surface area contributed by atoms with E-state index in [4.69, 9.17) is 21.6 Å². The summed E-state index contributed by atoms with van der Waals surface area (Å²) in [6.07, 6.45) is 0.175. The van der Waals surface area contributed by atoms with E-state index in [-0.39, 0.29) is 34.7 Å². The molecule has 1 fully saturated rings. The Morgan fingerprint density at radius 3 is 2.81 bits per heavy atom. The van der Waals surface area contributed by atoms with Gasteiger partial charge in [0.15, 0.2) is 0 Å². The van der Waals surface area contributed by atoms with Crippen molar-refractivity contribution in [2.24, 2.45) is 0 Å². The highest BCUT2D eigenvalue weighted by atomic mass is 35.5. The Morgan fingerprint density at radius 2 is 2.29 bits per heavy atom. The largest absolute Gasteiger partial charge is 0.395 e. The van der Waals surface area contributed by atoms with Crippen LogP contribution in [0.5, 0.6) is 0 Å². The normalized spacial score (nSPS) is 23.1. The smallest absolute Gasteiger partial charge is 0.244 e. The van der Waals surface area contributed by atoms with Gasteiger partial charge < -0.3 is 9.84 Å². The van der Waals surface area contributed by atoms with Crippen molar-refractivity contribution in [2.45, 2.75) is 23.5 Å². The van der Waals surface area contributed by atoms with Crippen molar-refractivity contribution >= 4 is 21.6 Å². The number of hydrogen-bond donors (Lipinski definition) is 1. The molecule has 21 heavy (non-hydrogen) atoms. The minimum Gasteiger partial charge on any atom is -0.395 e. The Labute approximate surface area is 128 Å². The second kappa shape index (κ2) is 6.30. The number of rotatable bonds is 4. The minimum atomic E-state index is -3.85. The van der Waals surface area contributed by atoms with Crippen molar-refractivity contribution in [3.8, 4) is 6.07 Å². The van der Waals surface area contributed by atoms with Crippen molar-refractivity contribution in [1.29, 1.82) is 5.26 Å². The second-order valence-electron chi connectivity index (χ2n) is 4.76. The number of benzene rings is 1. The van der Waals surface area contributed by atoms with E-state index in [1.54, 1.807) is 0 Å². The van der Waals surface area contributed by atoms with Crippen LogP contribution in [0, 0.1) is 11.3 Å². The molecule has 2 atom stereocenters. The third-order valence-electron chi connectivity index (χ3n) is 3.52. The SMILES string of the molecule is CO[C@H]1C[C@@H](CO)N(S(=O)(=O)c2ccc(C#N)cc2Cl)C1. The van der Waals surface area contributed by atoms with Crippen LogP contribution in [0.1, 0.15) is 12.0 Å². The number of hydrogen-bond acceptors (Lipinski definition) is 5. The number of methoxy groups -OCH3 is 1. The molecule has 1 aromatic rings. The molecule has 1 aliphatic heterocycles. The fraction of sp³-hybridized carbons (Fsp3) is 0.462. The van der Waals surface area contributed by atoms with Gasteiger partial charge in [-0.05, 0) is 24.6 Å². The molecule has 0 spiro atoms. The highest BCUT2D eigenvalue weighted by Crippen LogP contribution is 2.31. The molecule has 6 nitrogen and oxygen atoms in total. The summed E-state index contributed by atoms with van der Waals surface area (Å²) in [4.78, 5) is -0.0710. The molecular weight excluding hydrogens is 316 g/mol. The molecule has 0 aromatic heterocycles. The Hall–Kier alpha value is -1.17. The van der Waals surface area contributed by atoms with Crippen LogP contribution in [0.25, 0.3) is 0 Å². The number of nitriles is 1. The molecule has 1 saturated heterocycles. The van der Waals surface area contributed by atoms with Crippen LogP contribution in [0.2, 0.25) is 5.02 Å². The molecule has 8 heteroatoms. The average Bonchev–Trinajstić information content (AvgIpc) is 2.91. The van der Waals surface area contributed by atoms with Crippen LogP contribution >= 0.6 is 11.6 Å². The summed E-state index contributed by atoms with van der Waals surface area (Å²) in [5, 5.41) is 18.2. The van der Waals surface area contributed by atoms with E-state index < -0.39 is 16.1 Å². The van der Waals surface area contributed by atoms with Gasteiger partial charge in [-0.25, -0.2) is 8.42 Å². The topological polar surface area (TPSA) is 90.6 Å². The molecular formula is C13H15ClN2O4S. The molecule has 0 radical (unpaired) electrons. The lowest BCUT2D eigenvalue weighted by molar-refractivity contribution is 0.113. The van der Waals surface area contributed by atoms with E-state index in [0.29, 0.717) is 6.42 Å². The fourth-order valence-corrected chi connectivity index (χ4v) is 4.56. The average molecular weight is 331 g/mol. The molecule has 0 amide bonds. The van der Waals surface area contributed by atoms with Crippen LogP contribution in [-0.2, 0) is 14.8 Å². The molecule has 1 aromatic carbocycles. The Balaban J connectivity index is 2.40. The lowest BCUT2D eigenvalue weighted by Crippen LogP contribution is -2.38. The highest BCUT2D eigenvalue weighted by Gasteiger charge is 2.40. The zero-order valence-corrected chi connectivity index (χ0v) is 12.9. The lowest BCUT2D eigenvalue weighted by atomic mass is 10.2.